The average molecular weight is 323 g/mol. The molecule has 2 N–H and O–H groups in total. The lowest BCUT2D eigenvalue weighted by Crippen LogP contribution is -2.23. The highest BCUT2D eigenvalue weighted by Crippen LogP contribution is 2.45. The van der Waals surface area contributed by atoms with Gasteiger partial charge in [0.05, 0.1) is 6.61 Å². The van der Waals surface area contributed by atoms with Crippen LogP contribution in [0.15, 0.2) is 22.7 Å². The molecule has 0 aliphatic heterocycles. The number of carbonyl (C=O) groups excluding carboxylic acids is 1. The van der Waals surface area contributed by atoms with E-state index in [2.05, 4.69) is 22.0 Å². The quantitative estimate of drug-likeness (QED) is 0.647. The largest absolute Gasteiger partial charge is 0.466 e. The maximum atomic E-state index is 11.7. The van der Waals surface area contributed by atoms with Gasteiger partial charge in [0, 0.05) is 10.9 Å². The summed E-state index contributed by atoms with van der Waals surface area (Å²) in [5.74, 6) is 0.328. The van der Waals surface area contributed by atoms with Crippen molar-refractivity contribution >= 4 is 29.3 Å². The molecule has 0 heterocycles. The van der Waals surface area contributed by atoms with E-state index in [1.807, 2.05) is 19.1 Å². The molecule has 19 heavy (non-hydrogen) atoms. The summed E-state index contributed by atoms with van der Waals surface area (Å²) in [7, 11) is 1.60. The first-order valence-corrected chi connectivity index (χ1v) is 7.45. The summed E-state index contributed by atoms with van der Waals surface area (Å²) in [6, 6.07) is 6.18. The molecular weight excluding hydrogens is 305 g/mol. The molecule has 101 valence electrons. The number of nitrogens with two attached hydrogens (primary N) is 1. The van der Waals surface area contributed by atoms with Crippen LogP contribution >= 0.6 is 15.9 Å². The predicted octanol–water partition coefficient (Wildman–Crippen LogP) is 2.90. The zero-order valence-corrected chi connectivity index (χ0v) is 12.7. The van der Waals surface area contributed by atoms with E-state index < -0.39 is 0 Å². The van der Waals surface area contributed by atoms with Crippen LogP contribution in [-0.4, -0.2) is 20.0 Å². The Morgan fingerprint density at radius 2 is 2.32 bits per heavy atom. The molecule has 5 heteroatoms. The Hall–Kier alpha value is -0.805. The molecule has 0 bridgehead atoms. The van der Waals surface area contributed by atoms with E-state index in [4.69, 9.17) is 10.4 Å². The third-order valence-electron chi connectivity index (χ3n) is 3.40. The molecular formula is C14H18BBrNO2. The van der Waals surface area contributed by atoms with Crippen molar-refractivity contribution < 1.29 is 9.53 Å². The summed E-state index contributed by atoms with van der Waals surface area (Å²) >= 11 is 3.59. The summed E-state index contributed by atoms with van der Waals surface area (Å²) in [5, 5.41) is 0. The van der Waals surface area contributed by atoms with Gasteiger partial charge < -0.3 is 10.4 Å². The molecule has 1 fully saturated rings. The molecule has 0 amide bonds. The van der Waals surface area contributed by atoms with Gasteiger partial charge in [-0.25, -0.2) is 0 Å². The van der Waals surface area contributed by atoms with Crippen LogP contribution in [0, 0.1) is 0 Å². The van der Waals surface area contributed by atoms with Crippen LogP contribution in [0.2, 0.25) is 0 Å². The van der Waals surface area contributed by atoms with Crippen molar-refractivity contribution in [3.8, 4) is 0 Å². The van der Waals surface area contributed by atoms with E-state index in [1.54, 1.807) is 7.41 Å². The van der Waals surface area contributed by atoms with Gasteiger partial charge in [-0.3, -0.25) is 4.79 Å². The van der Waals surface area contributed by atoms with Gasteiger partial charge in [0.15, 0.2) is 0 Å². The Morgan fingerprint density at radius 1 is 1.58 bits per heavy atom. The Labute approximate surface area is 123 Å². The number of benzene rings is 1. The van der Waals surface area contributed by atoms with Gasteiger partial charge in [0.2, 0.25) is 7.41 Å². The van der Waals surface area contributed by atoms with Crippen molar-refractivity contribution in [3.05, 3.63) is 33.8 Å². The first-order valence-electron chi connectivity index (χ1n) is 6.66. The van der Waals surface area contributed by atoms with E-state index >= 15 is 0 Å². The predicted molar refractivity (Wildman–Crippen MR) is 80.0 cm³/mol. The SMILES string of the molecule is CCOC(=O)C[C@@H]([B]N)c1c(Br)cccc1C1CC1. The van der Waals surface area contributed by atoms with Crippen molar-refractivity contribution in [2.75, 3.05) is 6.61 Å². The summed E-state index contributed by atoms with van der Waals surface area (Å²) in [5.41, 5.74) is 8.20. The second-order valence-electron chi connectivity index (χ2n) is 4.83. The smallest absolute Gasteiger partial charge is 0.305 e. The molecule has 1 saturated carbocycles. The molecule has 1 radical (unpaired) electrons. The Bertz CT molecular complexity index is 463. The Balaban J connectivity index is 2.24. The number of esters is 1. The molecule has 1 aliphatic rings. The molecule has 1 aliphatic carbocycles. The van der Waals surface area contributed by atoms with E-state index in [1.165, 1.54) is 18.4 Å². The molecule has 0 spiro atoms. The van der Waals surface area contributed by atoms with Crippen molar-refractivity contribution in [1.82, 2.24) is 0 Å². The van der Waals surface area contributed by atoms with Crippen LogP contribution in [0.3, 0.4) is 0 Å². The molecule has 1 aromatic rings. The summed E-state index contributed by atoms with van der Waals surface area (Å²) in [6.07, 6.45) is 2.74. The third-order valence-corrected chi connectivity index (χ3v) is 4.09. The fraction of sp³-hybridized carbons (Fsp3) is 0.500. The van der Waals surface area contributed by atoms with Crippen LogP contribution in [0.5, 0.6) is 0 Å². The second-order valence-corrected chi connectivity index (χ2v) is 5.68. The zero-order valence-electron chi connectivity index (χ0n) is 11.1. The van der Waals surface area contributed by atoms with Crippen LogP contribution in [-0.2, 0) is 9.53 Å². The second kappa shape index (κ2) is 6.57. The molecule has 0 unspecified atom stereocenters. The van der Waals surface area contributed by atoms with E-state index in [-0.39, 0.29) is 11.8 Å². The molecule has 1 atom stereocenters. The number of ether oxygens (including phenoxy) is 1. The minimum Gasteiger partial charge on any atom is -0.466 e. The van der Waals surface area contributed by atoms with E-state index in [0.29, 0.717) is 18.9 Å². The van der Waals surface area contributed by atoms with Crippen LogP contribution in [0.1, 0.15) is 49.0 Å². The fourth-order valence-electron chi connectivity index (χ4n) is 2.36. The number of carbonyl (C=O) groups is 1. The van der Waals surface area contributed by atoms with Gasteiger partial charge in [-0.2, -0.15) is 0 Å². The first kappa shape index (κ1) is 14.6. The number of halogens is 1. The summed E-state index contributed by atoms with van der Waals surface area (Å²) < 4.78 is 6.04. The number of hydrogen-bond acceptors (Lipinski definition) is 3. The average Bonchev–Trinajstić information content (AvgIpc) is 3.20. The summed E-state index contributed by atoms with van der Waals surface area (Å²) in [4.78, 5) is 11.7. The highest BCUT2D eigenvalue weighted by Gasteiger charge is 2.30. The van der Waals surface area contributed by atoms with Crippen molar-refractivity contribution in [2.45, 2.75) is 37.9 Å². The van der Waals surface area contributed by atoms with Crippen molar-refractivity contribution in [2.24, 2.45) is 5.64 Å². The van der Waals surface area contributed by atoms with E-state index in [0.717, 1.165) is 10.0 Å². The Morgan fingerprint density at radius 3 is 2.89 bits per heavy atom. The number of rotatable bonds is 6. The highest BCUT2D eigenvalue weighted by atomic mass is 79.9. The van der Waals surface area contributed by atoms with Crippen LogP contribution in [0.25, 0.3) is 0 Å². The minimum atomic E-state index is -0.202. The molecule has 0 saturated heterocycles. The first-order chi connectivity index (χ1) is 9.17. The monoisotopic (exact) mass is 322 g/mol. The molecule has 2 rings (SSSR count). The van der Waals surface area contributed by atoms with Crippen LogP contribution < -0.4 is 5.64 Å². The third kappa shape index (κ3) is 3.60. The van der Waals surface area contributed by atoms with Gasteiger partial charge in [-0.15, -0.1) is 0 Å². The summed E-state index contributed by atoms with van der Waals surface area (Å²) in [6.45, 7) is 2.22. The minimum absolute atomic E-state index is 0.0924. The molecule has 3 nitrogen and oxygen atoms in total. The van der Waals surface area contributed by atoms with Gasteiger partial charge in [0.25, 0.3) is 0 Å². The fourth-order valence-corrected chi connectivity index (χ4v) is 3.04. The molecule has 0 aromatic heterocycles. The Kier molecular flexibility index (Phi) is 5.05. The lowest BCUT2D eigenvalue weighted by Gasteiger charge is -2.19. The van der Waals surface area contributed by atoms with E-state index in [9.17, 15) is 4.79 Å². The highest BCUT2D eigenvalue weighted by molar-refractivity contribution is 9.10. The maximum absolute atomic E-state index is 11.7. The maximum Gasteiger partial charge on any atom is 0.305 e. The lowest BCUT2D eigenvalue weighted by atomic mass is 9.69. The topological polar surface area (TPSA) is 52.3 Å². The van der Waals surface area contributed by atoms with Crippen molar-refractivity contribution in [3.63, 3.8) is 0 Å². The molecule has 1 aromatic carbocycles. The van der Waals surface area contributed by atoms with Crippen molar-refractivity contribution in [1.29, 1.82) is 0 Å². The standard InChI is InChI=1S/C14H18BBrNO2/c1-2-19-13(18)8-11(15-17)14-10(9-6-7-9)4-3-5-12(14)16/h3-5,9,11H,2,6-8,17H2,1H3/t11-/m1/s1. The van der Waals surface area contributed by atoms with Gasteiger partial charge in [-0.05, 0) is 48.7 Å². The van der Waals surface area contributed by atoms with Gasteiger partial charge in [0.1, 0.15) is 0 Å². The van der Waals surface area contributed by atoms with Crippen LogP contribution in [0.4, 0.5) is 0 Å². The normalized spacial score (nSPS) is 15.9. The van der Waals surface area contributed by atoms with Gasteiger partial charge >= 0.3 is 5.97 Å². The van der Waals surface area contributed by atoms with Gasteiger partial charge in [-0.1, -0.05) is 28.1 Å². The zero-order chi connectivity index (χ0) is 13.8. The lowest BCUT2D eigenvalue weighted by molar-refractivity contribution is -0.143. The number of hydrogen-bond donors (Lipinski definition) is 1.